The molecule has 0 amide bonds. The number of aliphatic carboxylic acids is 2. The number of esters is 1. The molecule has 0 saturated heterocycles. The van der Waals surface area contributed by atoms with Gasteiger partial charge < -0.3 is 14.9 Å². The third-order valence-corrected chi connectivity index (χ3v) is 4.41. The number of carbonyl (C=O) groups excluding carboxylic acids is 2. The Hall–Kier alpha value is -3.55. The van der Waals surface area contributed by atoms with Gasteiger partial charge in [-0.05, 0) is 44.9 Å². The van der Waals surface area contributed by atoms with Crippen molar-refractivity contribution in [3.8, 4) is 0 Å². The summed E-state index contributed by atoms with van der Waals surface area (Å²) in [6.45, 7) is 6.60. The van der Waals surface area contributed by atoms with Crippen LogP contribution in [0.1, 0.15) is 44.7 Å². The molecular weight excluding hydrogens is 390 g/mol. The molecule has 0 radical (unpaired) electrons. The van der Waals surface area contributed by atoms with E-state index >= 15 is 0 Å². The van der Waals surface area contributed by atoms with Gasteiger partial charge in [0.2, 0.25) is 0 Å². The van der Waals surface area contributed by atoms with Crippen molar-refractivity contribution in [2.75, 3.05) is 0 Å². The van der Waals surface area contributed by atoms with Crippen LogP contribution in [0.2, 0.25) is 0 Å². The average Bonchev–Trinajstić information content (AvgIpc) is 2.63. The molecule has 8 heteroatoms. The second kappa shape index (κ2) is 8.86. The second-order valence-corrected chi connectivity index (χ2v) is 7.76. The van der Waals surface area contributed by atoms with Crippen molar-refractivity contribution in [1.82, 2.24) is 0 Å². The van der Waals surface area contributed by atoms with Gasteiger partial charge in [-0.15, -0.1) is 0 Å². The Morgan fingerprint density at radius 2 is 1.77 bits per heavy atom. The highest BCUT2D eigenvalue weighted by Gasteiger charge is 2.42. The highest BCUT2D eigenvalue weighted by molar-refractivity contribution is 6.09. The van der Waals surface area contributed by atoms with Crippen LogP contribution >= 0.6 is 0 Å². The van der Waals surface area contributed by atoms with Gasteiger partial charge >= 0.3 is 17.9 Å². The molecule has 0 saturated carbocycles. The molecule has 158 valence electrons. The SMILES string of the molecule is CC1=NC(C=O)=C(C(=O)O)C(c2ccccc2C=CC(=O)OC(C)(C)C)C1C(=O)O. The second-order valence-electron chi connectivity index (χ2n) is 7.76. The summed E-state index contributed by atoms with van der Waals surface area (Å²) in [6, 6.07) is 6.48. The molecule has 2 N–H and O–H groups in total. The first-order chi connectivity index (χ1) is 14.0. The summed E-state index contributed by atoms with van der Waals surface area (Å²) in [7, 11) is 0. The largest absolute Gasteiger partial charge is 0.481 e. The summed E-state index contributed by atoms with van der Waals surface area (Å²) in [6.07, 6.45) is 2.93. The van der Waals surface area contributed by atoms with Crippen molar-refractivity contribution in [2.24, 2.45) is 10.9 Å². The number of ether oxygens (including phenoxy) is 1. The number of hydrogen-bond acceptors (Lipinski definition) is 6. The monoisotopic (exact) mass is 413 g/mol. The zero-order valence-corrected chi connectivity index (χ0v) is 17.1. The Kier molecular flexibility index (Phi) is 6.71. The quantitative estimate of drug-likeness (QED) is 0.416. The smallest absolute Gasteiger partial charge is 0.334 e. The lowest BCUT2D eigenvalue weighted by Crippen LogP contribution is -2.35. The number of rotatable bonds is 6. The van der Waals surface area contributed by atoms with E-state index in [0.717, 1.165) is 0 Å². The Morgan fingerprint density at radius 3 is 2.30 bits per heavy atom. The Balaban J connectivity index is 2.63. The van der Waals surface area contributed by atoms with E-state index in [1.54, 1.807) is 45.0 Å². The van der Waals surface area contributed by atoms with Crippen molar-refractivity contribution in [2.45, 2.75) is 39.2 Å². The molecule has 0 fully saturated rings. The maximum atomic E-state index is 12.0. The number of benzene rings is 1. The molecule has 0 spiro atoms. The first-order valence-electron chi connectivity index (χ1n) is 9.17. The molecule has 0 aromatic heterocycles. The normalized spacial score (nSPS) is 19.4. The van der Waals surface area contributed by atoms with Gasteiger partial charge in [0.15, 0.2) is 6.29 Å². The molecule has 8 nitrogen and oxygen atoms in total. The minimum atomic E-state index is -1.43. The third kappa shape index (κ3) is 5.08. The highest BCUT2D eigenvalue weighted by atomic mass is 16.6. The van der Waals surface area contributed by atoms with E-state index < -0.39 is 40.9 Å². The summed E-state index contributed by atoms with van der Waals surface area (Å²) in [4.78, 5) is 51.3. The molecule has 0 bridgehead atoms. The maximum Gasteiger partial charge on any atom is 0.334 e. The van der Waals surface area contributed by atoms with Gasteiger partial charge in [0.25, 0.3) is 0 Å². The number of carboxylic acid groups (broad SMARTS) is 2. The van der Waals surface area contributed by atoms with Crippen LogP contribution in [-0.2, 0) is 23.9 Å². The standard InChI is InChI=1S/C22H23NO7/c1-12-17(20(26)27)18(19(21(28)29)15(11-24)23-12)14-8-6-5-7-13(14)9-10-16(25)30-22(2,3)4/h5-11,17-18H,1-4H3,(H,26,27)(H,28,29). The van der Waals surface area contributed by atoms with E-state index in [2.05, 4.69) is 4.99 Å². The predicted octanol–water partition coefficient (Wildman–Crippen LogP) is 2.84. The van der Waals surface area contributed by atoms with Crippen LogP contribution < -0.4 is 0 Å². The van der Waals surface area contributed by atoms with E-state index in [1.165, 1.54) is 19.1 Å². The van der Waals surface area contributed by atoms with Crippen LogP contribution in [0.4, 0.5) is 0 Å². The highest BCUT2D eigenvalue weighted by Crippen LogP contribution is 2.40. The number of carboxylic acids is 2. The minimum absolute atomic E-state index is 0.116. The fourth-order valence-electron chi connectivity index (χ4n) is 3.32. The molecule has 1 aliphatic rings. The van der Waals surface area contributed by atoms with Gasteiger partial charge in [0.1, 0.15) is 17.2 Å². The molecule has 1 heterocycles. The number of aldehydes is 1. The lowest BCUT2D eigenvalue weighted by atomic mass is 9.74. The predicted molar refractivity (Wildman–Crippen MR) is 109 cm³/mol. The summed E-state index contributed by atoms with van der Waals surface area (Å²) in [5.41, 5.74) is -0.529. The molecule has 30 heavy (non-hydrogen) atoms. The average molecular weight is 413 g/mol. The molecule has 1 aliphatic heterocycles. The number of hydrogen-bond donors (Lipinski definition) is 2. The molecule has 2 unspecified atom stereocenters. The van der Waals surface area contributed by atoms with Gasteiger partial charge in [-0.3, -0.25) is 14.6 Å². The van der Waals surface area contributed by atoms with E-state index in [1.807, 2.05) is 0 Å². The fraction of sp³-hybridized carbons (Fsp3) is 0.318. The van der Waals surface area contributed by atoms with Gasteiger partial charge in [-0.1, -0.05) is 24.3 Å². The number of allylic oxidation sites excluding steroid dienone is 1. The lowest BCUT2D eigenvalue weighted by Gasteiger charge is -2.30. The number of carbonyl (C=O) groups is 4. The van der Waals surface area contributed by atoms with Crippen molar-refractivity contribution in [1.29, 1.82) is 0 Å². The van der Waals surface area contributed by atoms with E-state index in [0.29, 0.717) is 17.4 Å². The van der Waals surface area contributed by atoms with E-state index in [-0.39, 0.29) is 11.4 Å². The Bertz CT molecular complexity index is 979. The van der Waals surface area contributed by atoms with Crippen LogP contribution in [0.5, 0.6) is 0 Å². The zero-order chi connectivity index (χ0) is 22.6. The Labute approximate surface area is 173 Å². The molecular formula is C22H23NO7. The van der Waals surface area contributed by atoms with E-state index in [4.69, 9.17) is 4.74 Å². The molecule has 1 aromatic carbocycles. The number of nitrogens with zero attached hydrogens (tertiary/aromatic N) is 1. The van der Waals surface area contributed by atoms with Crippen molar-refractivity contribution in [3.63, 3.8) is 0 Å². The first kappa shape index (κ1) is 22.7. The minimum Gasteiger partial charge on any atom is -0.481 e. The van der Waals surface area contributed by atoms with E-state index in [9.17, 15) is 29.4 Å². The van der Waals surface area contributed by atoms with Gasteiger partial charge in [-0.25, -0.2) is 9.59 Å². The third-order valence-electron chi connectivity index (χ3n) is 4.41. The van der Waals surface area contributed by atoms with Crippen molar-refractivity contribution >= 4 is 36.0 Å². The summed E-state index contributed by atoms with van der Waals surface area (Å²) in [5.74, 6) is -5.75. The maximum absolute atomic E-state index is 12.0. The summed E-state index contributed by atoms with van der Waals surface area (Å²) >= 11 is 0. The van der Waals surface area contributed by atoms with Gasteiger partial charge in [0.05, 0.1) is 5.57 Å². The van der Waals surface area contributed by atoms with Crippen LogP contribution in [0.15, 0.2) is 46.6 Å². The number of aliphatic imine (C=N–C) groups is 1. The zero-order valence-electron chi connectivity index (χ0n) is 17.1. The topological polar surface area (TPSA) is 130 Å². The van der Waals surface area contributed by atoms with Gasteiger partial charge in [-0.2, -0.15) is 0 Å². The summed E-state index contributed by atoms with van der Waals surface area (Å²) in [5, 5.41) is 19.5. The van der Waals surface area contributed by atoms with Crippen LogP contribution in [0, 0.1) is 5.92 Å². The molecule has 2 atom stereocenters. The van der Waals surface area contributed by atoms with Crippen LogP contribution in [-0.4, -0.2) is 45.7 Å². The van der Waals surface area contributed by atoms with Crippen molar-refractivity contribution < 1.29 is 34.1 Å². The molecule has 0 aliphatic carbocycles. The lowest BCUT2D eigenvalue weighted by molar-refractivity contribution is -0.148. The molecule has 1 aromatic rings. The summed E-state index contributed by atoms with van der Waals surface area (Å²) < 4.78 is 5.23. The van der Waals surface area contributed by atoms with Gasteiger partial charge in [0, 0.05) is 17.7 Å². The molecule has 2 rings (SSSR count). The first-order valence-corrected chi connectivity index (χ1v) is 9.17. The van der Waals surface area contributed by atoms with Crippen molar-refractivity contribution in [3.05, 3.63) is 52.7 Å². The van der Waals surface area contributed by atoms with Crippen LogP contribution in [0.3, 0.4) is 0 Å². The van der Waals surface area contributed by atoms with Crippen LogP contribution in [0.25, 0.3) is 6.08 Å². The fourth-order valence-corrected chi connectivity index (χ4v) is 3.32. The Morgan fingerprint density at radius 1 is 1.13 bits per heavy atom.